The molecule has 1 atom stereocenters. The van der Waals surface area contributed by atoms with E-state index in [1.807, 2.05) is 0 Å². The molecule has 11 heteroatoms. The first-order valence-corrected chi connectivity index (χ1v) is 14.2. The lowest BCUT2D eigenvalue weighted by Crippen LogP contribution is -2.51. The molecule has 5 rings (SSSR count). The summed E-state index contributed by atoms with van der Waals surface area (Å²) in [6.45, 7) is 1.36. The zero-order valence-corrected chi connectivity index (χ0v) is 24.2. The van der Waals surface area contributed by atoms with E-state index in [0.717, 1.165) is 36.3 Å². The summed E-state index contributed by atoms with van der Waals surface area (Å²) in [6.07, 6.45) is -0.596. The number of benzene rings is 2. The van der Waals surface area contributed by atoms with Gasteiger partial charge in [0.1, 0.15) is 5.76 Å². The molecule has 8 nitrogen and oxygen atoms in total. The van der Waals surface area contributed by atoms with E-state index in [0.29, 0.717) is 24.0 Å². The topological polar surface area (TPSA) is 104 Å². The highest BCUT2D eigenvalue weighted by Crippen LogP contribution is 2.44. The van der Waals surface area contributed by atoms with Crippen molar-refractivity contribution in [1.82, 2.24) is 4.90 Å². The number of methoxy groups -OCH3 is 1. The van der Waals surface area contributed by atoms with Crippen LogP contribution >= 0.6 is 0 Å². The molecular weight excluding hydrogens is 575 g/mol. The van der Waals surface area contributed by atoms with Gasteiger partial charge >= 0.3 is 18.2 Å². The number of Topliss-reactive ketones (excluding diaryl/α,β-unsaturated/α-hetero) is 1. The van der Waals surface area contributed by atoms with Crippen molar-refractivity contribution >= 4 is 23.5 Å². The smallest absolute Gasteiger partial charge is 0.416 e. The van der Waals surface area contributed by atoms with Gasteiger partial charge in [0.25, 0.3) is 0 Å². The van der Waals surface area contributed by atoms with Crippen molar-refractivity contribution in [2.24, 2.45) is 5.92 Å². The van der Waals surface area contributed by atoms with Crippen LogP contribution in [0.1, 0.15) is 78.1 Å². The Kier molecular flexibility index (Phi) is 8.63. The first-order valence-electron chi connectivity index (χ1n) is 14.2. The first kappa shape index (κ1) is 30.6. The van der Waals surface area contributed by atoms with Crippen molar-refractivity contribution in [3.8, 4) is 6.07 Å². The van der Waals surface area contributed by atoms with Crippen LogP contribution in [0.15, 0.2) is 76.4 Å². The molecule has 1 saturated carbocycles. The van der Waals surface area contributed by atoms with Crippen molar-refractivity contribution in [2.45, 2.75) is 57.8 Å². The second-order valence-corrected chi connectivity index (χ2v) is 10.9. The number of hydrogen-bond acceptors (Lipinski definition) is 6. The Labute approximate surface area is 252 Å². The summed E-state index contributed by atoms with van der Waals surface area (Å²) < 4.78 is 51.6. The third-order valence-corrected chi connectivity index (χ3v) is 8.15. The highest BCUT2D eigenvalue weighted by Gasteiger charge is 2.44. The highest BCUT2D eigenvalue weighted by atomic mass is 19.4. The Bertz CT molecular complexity index is 1650. The number of allylic oxidation sites excluding steroid dienone is 1. The average molecular weight is 606 g/mol. The van der Waals surface area contributed by atoms with Crippen LogP contribution in [0.4, 0.5) is 23.7 Å². The number of esters is 1. The second kappa shape index (κ2) is 12.4. The van der Waals surface area contributed by atoms with Gasteiger partial charge in [-0.15, -0.1) is 0 Å². The fourth-order valence-corrected chi connectivity index (χ4v) is 5.97. The summed E-state index contributed by atoms with van der Waals surface area (Å²) in [5.41, 5.74) is 0.435. The number of alkyl halides is 3. The number of rotatable bonds is 7. The van der Waals surface area contributed by atoms with Crippen LogP contribution in [0.5, 0.6) is 0 Å². The number of anilines is 1. The van der Waals surface area contributed by atoms with Crippen LogP contribution in [0.2, 0.25) is 0 Å². The number of furan rings is 1. The molecule has 1 aliphatic carbocycles. The van der Waals surface area contributed by atoms with Gasteiger partial charge in [-0.1, -0.05) is 37.5 Å². The first-order chi connectivity index (χ1) is 21.0. The van der Waals surface area contributed by atoms with Crippen LogP contribution < -0.4 is 4.90 Å². The molecular formula is C33H30F3N3O5. The maximum Gasteiger partial charge on any atom is 0.416 e. The highest BCUT2D eigenvalue weighted by molar-refractivity contribution is 6.06. The molecule has 0 N–H and O–H groups in total. The molecule has 3 aromatic rings. The summed E-state index contributed by atoms with van der Waals surface area (Å²) >= 11 is 0. The summed E-state index contributed by atoms with van der Waals surface area (Å²) in [7, 11) is 1.20. The maximum absolute atomic E-state index is 14.4. The maximum atomic E-state index is 14.4. The monoisotopic (exact) mass is 605 g/mol. The summed E-state index contributed by atoms with van der Waals surface area (Å²) in [6, 6.07) is 14.2. The van der Waals surface area contributed by atoms with Crippen LogP contribution in [0.25, 0.3) is 0 Å². The third-order valence-electron chi connectivity index (χ3n) is 8.15. The van der Waals surface area contributed by atoms with Gasteiger partial charge in [-0.3, -0.25) is 9.69 Å². The number of hydrogen-bond donors (Lipinski definition) is 0. The number of carbonyl (C=O) groups excluding carboxylic acids is 3. The Balaban J connectivity index is 1.71. The molecule has 2 amide bonds. The molecule has 228 valence electrons. The van der Waals surface area contributed by atoms with Crippen molar-refractivity contribution in [3.63, 3.8) is 0 Å². The lowest BCUT2D eigenvalue weighted by molar-refractivity contribution is -0.137. The van der Waals surface area contributed by atoms with E-state index < -0.39 is 29.8 Å². The molecule has 2 heterocycles. The summed E-state index contributed by atoms with van der Waals surface area (Å²) in [5.74, 6) is -1.12. The van der Waals surface area contributed by atoms with Gasteiger partial charge in [0.15, 0.2) is 5.78 Å². The lowest BCUT2D eigenvalue weighted by Gasteiger charge is -2.44. The Morgan fingerprint density at radius 1 is 1.05 bits per heavy atom. The molecule has 44 heavy (non-hydrogen) atoms. The minimum Gasteiger partial charge on any atom is -0.463 e. The SMILES string of the molecule is COC(=O)c1ccc(CN2C(=O)N(c3cccc(C(F)(F)F)c3)C(C)=C(C(=O)C3CCCCC3)C2c2ccc(C#N)cc2)o1. The van der Waals surface area contributed by atoms with Crippen molar-refractivity contribution in [3.05, 3.63) is 100 Å². The number of nitrogens with zero attached hydrogens (tertiary/aromatic N) is 3. The van der Waals surface area contributed by atoms with Crippen molar-refractivity contribution < 1.29 is 36.7 Å². The Morgan fingerprint density at radius 3 is 2.39 bits per heavy atom. The zero-order chi connectivity index (χ0) is 31.6. The van der Waals surface area contributed by atoms with Gasteiger partial charge in [-0.05, 0) is 67.8 Å². The number of nitriles is 1. The fraction of sp³-hybridized carbons (Fsp3) is 0.333. The summed E-state index contributed by atoms with van der Waals surface area (Å²) in [5, 5.41) is 9.37. The van der Waals surface area contributed by atoms with Gasteiger partial charge in [-0.25, -0.2) is 9.59 Å². The minimum atomic E-state index is -4.66. The molecule has 0 saturated heterocycles. The number of ether oxygens (including phenoxy) is 1. The van der Waals surface area contributed by atoms with Gasteiger partial charge in [0, 0.05) is 17.2 Å². The predicted octanol–water partition coefficient (Wildman–Crippen LogP) is 7.56. The van der Waals surface area contributed by atoms with Gasteiger partial charge in [0.05, 0.1) is 42.6 Å². The number of amides is 2. The zero-order valence-electron chi connectivity index (χ0n) is 24.2. The molecule has 1 aromatic heterocycles. The molecule has 0 spiro atoms. The van der Waals surface area contributed by atoms with E-state index in [2.05, 4.69) is 6.07 Å². The predicted molar refractivity (Wildman–Crippen MR) is 153 cm³/mol. The summed E-state index contributed by atoms with van der Waals surface area (Å²) in [4.78, 5) is 43.3. The largest absolute Gasteiger partial charge is 0.463 e. The van der Waals surface area contributed by atoms with Gasteiger partial charge in [-0.2, -0.15) is 18.4 Å². The standard InChI is InChI=1S/C33H30F3N3O5/c1-20-28(30(40)23-7-4-3-5-8-23)29(22-13-11-21(18-37)12-14-22)38(19-26-15-16-27(44-26)31(41)43-2)32(42)39(20)25-10-6-9-24(17-25)33(34,35)36/h6,9-17,23,29H,3-5,7-8,19H2,1-2H3. The van der Waals surface area contributed by atoms with E-state index in [1.54, 1.807) is 31.2 Å². The van der Waals surface area contributed by atoms with Crippen molar-refractivity contribution in [1.29, 1.82) is 5.26 Å². The van der Waals surface area contributed by atoms with E-state index in [-0.39, 0.29) is 46.7 Å². The van der Waals surface area contributed by atoms with Crippen LogP contribution in [-0.4, -0.2) is 29.8 Å². The Hall–Kier alpha value is -4.85. The van der Waals surface area contributed by atoms with E-state index >= 15 is 0 Å². The second-order valence-electron chi connectivity index (χ2n) is 10.9. The number of halogens is 3. The van der Waals surface area contributed by atoms with E-state index in [9.17, 15) is 32.8 Å². The van der Waals surface area contributed by atoms with E-state index in [4.69, 9.17) is 9.15 Å². The molecule has 2 aromatic carbocycles. The minimum absolute atomic E-state index is 0.0470. The molecule has 1 fully saturated rings. The fourth-order valence-electron chi connectivity index (χ4n) is 5.97. The lowest BCUT2D eigenvalue weighted by atomic mass is 9.79. The number of urea groups is 1. The quantitative estimate of drug-likeness (QED) is 0.258. The molecule has 1 unspecified atom stereocenters. The normalized spacial score (nSPS) is 17.9. The number of carbonyl (C=O) groups is 3. The molecule has 1 aliphatic heterocycles. The van der Waals surface area contributed by atoms with Gasteiger partial charge < -0.3 is 14.1 Å². The Morgan fingerprint density at radius 2 is 1.75 bits per heavy atom. The van der Waals surface area contributed by atoms with Gasteiger partial charge in [0.2, 0.25) is 5.76 Å². The molecule has 0 radical (unpaired) electrons. The molecule has 0 bridgehead atoms. The average Bonchev–Trinajstić information content (AvgIpc) is 3.50. The van der Waals surface area contributed by atoms with Crippen LogP contribution in [0, 0.1) is 17.2 Å². The van der Waals surface area contributed by atoms with Crippen molar-refractivity contribution in [2.75, 3.05) is 12.0 Å². The molecule has 2 aliphatic rings. The third kappa shape index (κ3) is 5.97. The van der Waals surface area contributed by atoms with Crippen LogP contribution in [0.3, 0.4) is 0 Å². The number of ketones is 1. The van der Waals surface area contributed by atoms with E-state index in [1.165, 1.54) is 36.3 Å². The van der Waals surface area contributed by atoms with Crippen LogP contribution in [-0.2, 0) is 22.3 Å².